The summed E-state index contributed by atoms with van der Waals surface area (Å²) in [6.07, 6.45) is 5.62. The number of aryl methyl sites for hydroxylation is 1. The average molecular weight is 395 g/mol. The van der Waals surface area contributed by atoms with E-state index in [1.807, 2.05) is 50.4 Å². The van der Waals surface area contributed by atoms with Gasteiger partial charge in [0.2, 0.25) is 0 Å². The Bertz CT molecular complexity index is 915. The minimum Gasteiger partial charge on any atom is -0.468 e. The predicted octanol–water partition coefficient (Wildman–Crippen LogP) is 2.85. The molecule has 0 spiro atoms. The number of hydrogen-bond acceptors (Lipinski definition) is 4. The lowest BCUT2D eigenvalue weighted by atomic mass is 10.1. The van der Waals surface area contributed by atoms with Crippen LogP contribution in [0, 0.1) is 0 Å². The molecule has 1 aromatic carbocycles. The number of furan rings is 1. The Morgan fingerprint density at radius 3 is 2.55 bits per heavy atom. The highest BCUT2D eigenvalue weighted by molar-refractivity contribution is 5.79. The van der Waals surface area contributed by atoms with E-state index in [1.54, 1.807) is 6.26 Å². The van der Waals surface area contributed by atoms with Crippen LogP contribution in [0.2, 0.25) is 0 Å². The number of hydrogen-bond donors (Lipinski definition) is 1. The Morgan fingerprint density at radius 1 is 1.10 bits per heavy atom. The van der Waals surface area contributed by atoms with E-state index >= 15 is 0 Å². The van der Waals surface area contributed by atoms with E-state index in [0.717, 1.165) is 43.5 Å². The third kappa shape index (κ3) is 5.96. The maximum atomic E-state index is 5.46. The number of nitrogens with zero attached hydrogens (tertiary/aromatic N) is 5. The van der Waals surface area contributed by atoms with Crippen molar-refractivity contribution >= 4 is 5.96 Å². The van der Waals surface area contributed by atoms with E-state index < -0.39 is 0 Å². The summed E-state index contributed by atoms with van der Waals surface area (Å²) in [5, 5.41) is 7.72. The molecular formula is C22H30N6O. The lowest BCUT2D eigenvalue weighted by molar-refractivity contribution is 0.287. The molecule has 0 amide bonds. The van der Waals surface area contributed by atoms with Crippen molar-refractivity contribution in [3.05, 3.63) is 77.5 Å². The molecule has 2 aromatic heterocycles. The van der Waals surface area contributed by atoms with Gasteiger partial charge in [0.15, 0.2) is 5.96 Å². The van der Waals surface area contributed by atoms with Crippen LogP contribution in [-0.4, -0.2) is 46.7 Å². The molecule has 0 saturated heterocycles. The van der Waals surface area contributed by atoms with Gasteiger partial charge in [-0.3, -0.25) is 14.6 Å². The van der Waals surface area contributed by atoms with Crippen LogP contribution >= 0.6 is 0 Å². The summed E-state index contributed by atoms with van der Waals surface area (Å²) >= 11 is 0. The van der Waals surface area contributed by atoms with E-state index in [9.17, 15) is 0 Å². The molecule has 0 aliphatic carbocycles. The molecule has 0 aliphatic rings. The van der Waals surface area contributed by atoms with E-state index in [0.29, 0.717) is 0 Å². The first-order chi connectivity index (χ1) is 14.0. The molecule has 2 heterocycles. The minimum absolute atomic E-state index is 0.717. The van der Waals surface area contributed by atoms with Crippen LogP contribution in [0.5, 0.6) is 0 Å². The van der Waals surface area contributed by atoms with Gasteiger partial charge in [-0.2, -0.15) is 5.10 Å². The first-order valence-electron chi connectivity index (χ1n) is 9.72. The van der Waals surface area contributed by atoms with Gasteiger partial charge in [0.05, 0.1) is 19.0 Å². The van der Waals surface area contributed by atoms with Crippen LogP contribution in [0.4, 0.5) is 0 Å². The van der Waals surface area contributed by atoms with Gasteiger partial charge in [-0.15, -0.1) is 0 Å². The molecule has 3 aromatic rings. The van der Waals surface area contributed by atoms with E-state index in [1.165, 1.54) is 11.1 Å². The summed E-state index contributed by atoms with van der Waals surface area (Å²) in [5.74, 6) is 1.83. The van der Waals surface area contributed by atoms with Crippen molar-refractivity contribution in [2.75, 3.05) is 21.1 Å². The molecule has 29 heavy (non-hydrogen) atoms. The summed E-state index contributed by atoms with van der Waals surface area (Å²) in [7, 11) is 7.88. The fourth-order valence-electron chi connectivity index (χ4n) is 3.36. The molecule has 0 aliphatic heterocycles. The molecule has 7 nitrogen and oxygen atoms in total. The monoisotopic (exact) mass is 394 g/mol. The molecule has 0 fully saturated rings. The third-order valence-electron chi connectivity index (χ3n) is 4.75. The van der Waals surface area contributed by atoms with Crippen molar-refractivity contribution < 1.29 is 4.42 Å². The summed E-state index contributed by atoms with van der Waals surface area (Å²) < 4.78 is 7.28. The second-order valence-electron chi connectivity index (χ2n) is 7.30. The van der Waals surface area contributed by atoms with E-state index in [4.69, 9.17) is 4.42 Å². The van der Waals surface area contributed by atoms with Gasteiger partial charge in [-0.25, -0.2) is 0 Å². The highest BCUT2D eigenvalue weighted by Crippen LogP contribution is 2.13. The first-order valence-corrected chi connectivity index (χ1v) is 9.72. The van der Waals surface area contributed by atoms with Crippen LogP contribution in [0.1, 0.15) is 22.5 Å². The average Bonchev–Trinajstić information content (AvgIpc) is 3.35. The second-order valence-corrected chi connectivity index (χ2v) is 7.30. The summed E-state index contributed by atoms with van der Waals surface area (Å²) in [6, 6.07) is 12.4. The largest absolute Gasteiger partial charge is 0.468 e. The Morgan fingerprint density at radius 2 is 1.90 bits per heavy atom. The molecule has 1 N–H and O–H groups in total. The molecule has 0 radical (unpaired) electrons. The number of benzene rings is 1. The Labute approximate surface area is 172 Å². The van der Waals surface area contributed by atoms with Gasteiger partial charge in [0.25, 0.3) is 0 Å². The molecule has 0 bridgehead atoms. The highest BCUT2D eigenvalue weighted by atomic mass is 16.3. The van der Waals surface area contributed by atoms with Crippen molar-refractivity contribution in [3.8, 4) is 0 Å². The molecule has 0 atom stereocenters. The van der Waals surface area contributed by atoms with E-state index in [2.05, 4.69) is 56.5 Å². The normalized spacial score (nSPS) is 11.8. The highest BCUT2D eigenvalue weighted by Gasteiger charge is 2.11. The zero-order valence-electron chi connectivity index (χ0n) is 17.7. The van der Waals surface area contributed by atoms with Crippen molar-refractivity contribution in [3.63, 3.8) is 0 Å². The molecule has 3 rings (SSSR count). The minimum atomic E-state index is 0.717. The van der Waals surface area contributed by atoms with Crippen molar-refractivity contribution in [2.45, 2.75) is 26.2 Å². The summed E-state index contributed by atoms with van der Waals surface area (Å²) in [4.78, 5) is 8.78. The van der Waals surface area contributed by atoms with Crippen LogP contribution in [0.25, 0.3) is 0 Å². The number of aromatic nitrogens is 2. The Kier molecular flexibility index (Phi) is 7.08. The number of guanidine groups is 1. The predicted molar refractivity (Wildman–Crippen MR) is 115 cm³/mol. The van der Waals surface area contributed by atoms with Crippen LogP contribution < -0.4 is 5.32 Å². The zero-order chi connectivity index (χ0) is 20.6. The SMILES string of the molecule is CN=C(NCc1ccccc1CN(C)Cc1ccco1)N(C)Cc1cnn(C)c1. The van der Waals surface area contributed by atoms with Crippen LogP contribution in [-0.2, 0) is 33.2 Å². The molecule has 7 heteroatoms. The van der Waals surface area contributed by atoms with Gasteiger partial charge in [0.1, 0.15) is 5.76 Å². The van der Waals surface area contributed by atoms with Crippen molar-refractivity contribution in [2.24, 2.45) is 12.0 Å². The fraction of sp³-hybridized carbons (Fsp3) is 0.364. The molecule has 0 unspecified atom stereocenters. The molecular weight excluding hydrogens is 364 g/mol. The van der Waals surface area contributed by atoms with Gasteiger partial charge < -0.3 is 14.6 Å². The number of aliphatic imine (C=N–C) groups is 1. The second kappa shape index (κ2) is 9.93. The standard InChI is InChI=1S/C22H30N6O/c1-23-22(27(3)14-18-12-25-28(4)15-18)24-13-19-8-5-6-9-20(19)16-26(2)17-21-10-7-11-29-21/h5-12,15H,13-14,16-17H2,1-4H3,(H,23,24). The lowest BCUT2D eigenvalue weighted by Gasteiger charge is -2.23. The molecule has 0 saturated carbocycles. The number of nitrogens with one attached hydrogen (secondary N) is 1. The summed E-state index contributed by atoms with van der Waals surface area (Å²) in [5.41, 5.74) is 3.70. The fourth-order valence-corrected chi connectivity index (χ4v) is 3.36. The zero-order valence-corrected chi connectivity index (χ0v) is 17.7. The number of rotatable bonds is 8. The Hall–Kier alpha value is -3.06. The quantitative estimate of drug-likeness (QED) is 0.470. The van der Waals surface area contributed by atoms with Gasteiger partial charge in [-0.05, 0) is 30.3 Å². The first kappa shape index (κ1) is 20.7. The van der Waals surface area contributed by atoms with E-state index in [-0.39, 0.29) is 0 Å². The Balaban J connectivity index is 1.59. The van der Waals surface area contributed by atoms with Crippen molar-refractivity contribution in [1.82, 2.24) is 24.9 Å². The van der Waals surface area contributed by atoms with Crippen LogP contribution in [0.15, 0.2) is 64.5 Å². The smallest absolute Gasteiger partial charge is 0.193 e. The topological polar surface area (TPSA) is 61.8 Å². The van der Waals surface area contributed by atoms with Gasteiger partial charge in [-0.1, -0.05) is 24.3 Å². The lowest BCUT2D eigenvalue weighted by Crippen LogP contribution is -2.38. The van der Waals surface area contributed by atoms with Crippen molar-refractivity contribution in [1.29, 1.82) is 0 Å². The van der Waals surface area contributed by atoms with Gasteiger partial charge in [0, 0.05) is 52.5 Å². The summed E-state index contributed by atoms with van der Waals surface area (Å²) in [6.45, 7) is 3.10. The maximum Gasteiger partial charge on any atom is 0.193 e. The maximum absolute atomic E-state index is 5.46. The molecule has 154 valence electrons. The third-order valence-corrected chi connectivity index (χ3v) is 4.75. The van der Waals surface area contributed by atoms with Crippen LogP contribution in [0.3, 0.4) is 0 Å². The van der Waals surface area contributed by atoms with Gasteiger partial charge >= 0.3 is 0 Å².